The molecule has 0 bridgehead atoms. The maximum absolute atomic E-state index is 12.7. The second kappa shape index (κ2) is 5.24. The quantitative estimate of drug-likeness (QED) is 0.918. The van der Waals surface area contributed by atoms with Gasteiger partial charge in [-0.05, 0) is 48.6 Å². The number of hydrogen-bond donors (Lipinski definition) is 1. The van der Waals surface area contributed by atoms with Gasteiger partial charge in [0.15, 0.2) is 0 Å². The molecule has 1 N–H and O–H groups in total. The van der Waals surface area contributed by atoms with Gasteiger partial charge in [0.05, 0.1) is 0 Å². The van der Waals surface area contributed by atoms with E-state index < -0.39 is 0 Å². The lowest BCUT2D eigenvalue weighted by Crippen LogP contribution is -2.38. The van der Waals surface area contributed by atoms with Crippen molar-refractivity contribution in [2.24, 2.45) is 0 Å². The topological polar surface area (TPSA) is 40.5 Å². The Labute approximate surface area is 124 Å². The highest BCUT2D eigenvalue weighted by molar-refractivity contribution is 5.98. The van der Waals surface area contributed by atoms with Crippen molar-refractivity contribution in [3.63, 3.8) is 0 Å². The molecule has 1 aliphatic rings. The molecule has 1 aliphatic heterocycles. The van der Waals surface area contributed by atoms with Crippen LogP contribution in [0.5, 0.6) is 5.75 Å². The molecule has 3 nitrogen and oxygen atoms in total. The maximum Gasteiger partial charge on any atom is 0.254 e. The molecular formula is C18H19NO2. The normalized spacial score (nSPS) is 14.2. The first-order chi connectivity index (χ1) is 10.1. The summed E-state index contributed by atoms with van der Waals surface area (Å²) in [5, 5.41) is 9.92. The molecule has 108 valence electrons. The van der Waals surface area contributed by atoms with Crippen LogP contribution in [0.4, 0.5) is 0 Å². The van der Waals surface area contributed by atoms with E-state index in [4.69, 9.17) is 0 Å². The first kappa shape index (κ1) is 13.7. The van der Waals surface area contributed by atoms with Crippen LogP contribution in [0.3, 0.4) is 0 Å². The average Bonchev–Trinajstić information content (AvgIpc) is 2.48. The number of phenolic OH excluding ortho intramolecular Hbond substituents is 1. The number of hydrogen-bond acceptors (Lipinski definition) is 2. The van der Waals surface area contributed by atoms with Crippen molar-refractivity contribution in [1.29, 1.82) is 0 Å². The molecule has 0 spiro atoms. The number of aromatic hydroxyl groups is 1. The Hall–Kier alpha value is -2.29. The van der Waals surface area contributed by atoms with Crippen molar-refractivity contribution >= 4 is 5.91 Å². The molecule has 2 aromatic carbocycles. The lowest BCUT2D eigenvalue weighted by Gasteiger charge is -2.31. The van der Waals surface area contributed by atoms with Gasteiger partial charge in [-0.3, -0.25) is 4.79 Å². The van der Waals surface area contributed by atoms with Crippen LogP contribution in [-0.4, -0.2) is 22.5 Å². The Kier molecular flexibility index (Phi) is 3.42. The number of aryl methyl sites for hydroxylation is 1. The molecule has 0 fully saturated rings. The Morgan fingerprint density at radius 2 is 1.90 bits per heavy atom. The van der Waals surface area contributed by atoms with Gasteiger partial charge in [-0.1, -0.05) is 30.3 Å². The summed E-state index contributed by atoms with van der Waals surface area (Å²) < 4.78 is 0. The summed E-state index contributed by atoms with van der Waals surface area (Å²) in [6, 6.07) is 11.7. The van der Waals surface area contributed by atoms with Crippen molar-refractivity contribution in [3.05, 3.63) is 64.2 Å². The van der Waals surface area contributed by atoms with Crippen LogP contribution in [0.2, 0.25) is 0 Å². The van der Waals surface area contributed by atoms with Crippen LogP contribution in [0.15, 0.2) is 36.4 Å². The summed E-state index contributed by atoms with van der Waals surface area (Å²) >= 11 is 0. The van der Waals surface area contributed by atoms with E-state index in [1.807, 2.05) is 49.1 Å². The number of carbonyl (C=O) groups excluding carboxylic acids is 1. The van der Waals surface area contributed by atoms with E-state index in [2.05, 4.69) is 0 Å². The molecular weight excluding hydrogens is 262 g/mol. The summed E-state index contributed by atoms with van der Waals surface area (Å²) in [5.74, 6) is 0.358. The van der Waals surface area contributed by atoms with Crippen molar-refractivity contribution in [2.75, 3.05) is 6.54 Å². The van der Waals surface area contributed by atoms with Gasteiger partial charge < -0.3 is 10.0 Å². The minimum atomic E-state index is 0.0701. The Bertz CT molecular complexity index is 692. The maximum atomic E-state index is 12.7. The molecule has 1 amide bonds. The van der Waals surface area contributed by atoms with E-state index in [0.717, 1.165) is 34.2 Å². The monoisotopic (exact) mass is 281 g/mol. The van der Waals surface area contributed by atoms with Gasteiger partial charge in [-0.25, -0.2) is 0 Å². The van der Waals surface area contributed by atoms with Crippen LogP contribution >= 0.6 is 0 Å². The number of fused-ring (bicyclic) bond motifs is 1. The van der Waals surface area contributed by atoms with Crippen molar-refractivity contribution in [1.82, 2.24) is 4.90 Å². The number of rotatable bonds is 2. The minimum absolute atomic E-state index is 0.0701. The summed E-state index contributed by atoms with van der Waals surface area (Å²) in [5.41, 5.74) is 4.61. The van der Waals surface area contributed by atoms with Gasteiger partial charge in [0, 0.05) is 18.7 Å². The highest BCUT2D eigenvalue weighted by Crippen LogP contribution is 2.31. The number of phenols is 1. The molecule has 3 rings (SSSR count). The second-order valence-electron chi connectivity index (χ2n) is 5.65. The van der Waals surface area contributed by atoms with Gasteiger partial charge in [0.2, 0.25) is 0 Å². The number of amides is 1. The first-order valence-electron chi connectivity index (χ1n) is 7.23. The highest BCUT2D eigenvalue weighted by atomic mass is 16.3. The molecule has 0 aromatic heterocycles. The predicted molar refractivity (Wildman–Crippen MR) is 82.5 cm³/mol. The molecule has 0 radical (unpaired) electrons. The number of benzene rings is 2. The number of nitrogens with zero attached hydrogens (tertiary/aromatic N) is 1. The van der Waals surface area contributed by atoms with Crippen LogP contribution < -0.4 is 0 Å². The van der Waals surface area contributed by atoms with E-state index in [1.165, 1.54) is 0 Å². The second-order valence-corrected chi connectivity index (χ2v) is 5.65. The average molecular weight is 281 g/mol. The number of carbonyl (C=O) groups is 1. The van der Waals surface area contributed by atoms with Crippen molar-refractivity contribution in [2.45, 2.75) is 26.8 Å². The fourth-order valence-electron chi connectivity index (χ4n) is 3.04. The Morgan fingerprint density at radius 3 is 2.62 bits per heavy atom. The Morgan fingerprint density at radius 1 is 1.19 bits per heavy atom. The summed E-state index contributed by atoms with van der Waals surface area (Å²) in [7, 11) is 0. The molecule has 21 heavy (non-hydrogen) atoms. The highest BCUT2D eigenvalue weighted by Gasteiger charge is 2.28. The summed E-state index contributed by atoms with van der Waals surface area (Å²) in [6.45, 7) is 5.11. The fraction of sp³-hybridized carbons (Fsp3) is 0.278. The van der Waals surface area contributed by atoms with Gasteiger partial charge in [0.1, 0.15) is 5.75 Å². The van der Waals surface area contributed by atoms with Gasteiger partial charge in [0.25, 0.3) is 5.91 Å². The van der Waals surface area contributed by atoms with E-state index in [0.29, 0.717) is 13.1 Å². The summed E-state index contributed by atoms with van der Waals surface area (Å²) in [4.78, 5) is 14.6. The van der Waals surface area contributed by atoms with E-state index >= 15 is 0 Å². The smallest absolute Gasteiger partial charge is 0.254 e. The van der Waals surface area contributed by atoms with E-state index in [9.17, 15) is 9.90 Å². The zero-order valence-electron chi connectivity index (χ0n) is 12.4. The van der Waals surface area contributed by atoms with Crippen LogP contribution in [0.1, 0.15) is 32.6 Å². The van der Waals surface area contributed by atoms with Crippen LogP contribution in [0, 0.1) is 13.8 Å². The molecule has 0 saturated heterocycles. The van der Waals surface area contributed by atoms with Gasteiger partial charge in [-0.15, -0.1) is 0 Å². The molecule has 2 aromatic rings. The third-order valence-electron chi connectivity index (χ3n) is 4.24. The molecule has 0 aliphatic carbocycles. The van der Waals surface area contributed by atoms with Crippen LogP contribution in [-0.2, 0) is 13.0 Å². The Balaban J connectivity index is 1.94. The SMILES string of the molecule is Cc1cc(O)c(C)c2c1C(=O)N(Cc1ccccc1)CC2. The largest absolute Gasteiger partial charge is 0.508 e. The standard InChI is InChI=1S/C18H19NO2/c1-12-10-16(20)13(2)15-8-9-19(18(21)17(12)15)11-14-6-4-3-5-7-14/h3-7,10,20H,8-9,11H2,1-2H3. The van der Waals surface area contributed by atoms with E-state index in [-0.39, 0.29) is 11.7 Å². The van der Waals surface area contributed by atoms with Crippen molar-refractivity contribution < 1.29 is 9.90 Å². The molecule has 0 atom stereocenters. The molecule has 0 saturated carbocycles. The van der Waals surface area contributed by atoms with Crippen molar-refractivity contribution in [3.8, 4) is 5.75 Å². The third kappa shape index (κ3) is 2.40. The van der Waals surface area contributed by atoms with Gasteiger partial charge >= 0.3 is 0 Å². The predicted octanol–water partition coefficient (Wildman–Crippen LogP) is 3.21. The molecule has 3 heteroatoms. The van der Waals surface area contributed by atoms with E-state index in [1.54, 1.807) is 6.07 Å². The summed E-state index contributed by atoms with van der Waals surface area (Å²) in [6.07, 6.45) is 0.801. The minimum Gasteiger partial charge on any atom is -0.508 e. The first-order valence-corrected chi connectivity index (χ1v) is 7.23. The van der Waals surface area contributed by atoms with Crippen LogP contribution in [0.25, 0.3) is 0 Å². The fourth-order valence-corrected chi connectivity index (χ4v) is 3.04. The molecule has 1 heterocycles. The molecule has 0 unspecified atom stereocenters. The zero-order valence-corrected chi connectivity index (χ0v) is 12.4. The zero-order chi connectivity index (χ0) is 15.0. The lowest BCUT2D eigenvalue weighted by atomic mass is 9.90. The van der Waals surface area contributed by atoms with Gasteiger partial charge in [-0.2, -0.15) is 0 Å². The third-order valence-corrected chi connectivity index (χ3v) is 4.24. The lowest BCUT2D eigenvalue weighted by molar-refractivity contribution is 0.0725.